The summed E-state index contributed by atoms with van der Waals surface area (Å²) < 4.78 is 38.6. The normalized spacial score (nSPS) is 21.2. The van der Waals surface area contributed by atoms with E-state index in [-0.39, 0.29) is 17.5 Å². The molecule has 33 heavy (non-hydrogen) atoms. The molecule has 2 saturated heterocycles. The van der Waals surface area contributed by atoms with Crippen molar-refractivity contribution in [3.05, 3.63) is 59.7 Å². The fraction of sp³-hybridized carbons (Fsp3) is 0.391. The summed E-state index contributed by atoms with van der Waals surface area (Å²) in [6.07, 6.45) is 1.66. The maximum atomic E-state index is 13.5. The van der Waals surface area contributed by atoms with Gasteiger partial charge in [0.25, 0.3) is 5.91 Å². The number of carbonyl (C=O) groups excluding carboxylic acids is 2. The van der Waals surface area contributed by atoms with E-state index in [1.54, 1.807) is 23.4 Å². The van der Waals surface area contributed by atoms with Crippen molar-refractivity contribution in [2.45, 2.75) is 43.9 Å². The van der Waals surface area contributed by atoms with Gasteiger partial charge in [0.15, 0.2) is 0 Å². The lowest BCUT2D eigenvalue weighted by molar-refractivity contribution is -0.137. The van der Waals surface area contributed by atoms with Gasteiger partial charge in [-0.15, -0.1) is 0 Å². The first-order valence-corrected chi connectivity index (χ1v) is 10.9. The Bertz CT molecular complexity index is 1160. The van der Waals surface area contributed by atoms with Crippen LogP contribution in [0.25, 0.3) is 11.0 Å². The number of hydrogen-bond acceptors (Lipinski definition) is 4. The highest BCUT2D eigenvalue weighted by atomic mass is 19.4. The second-order valence-corrected chi connectivity index (χ2v) is 8.44. The molecule has 2 atom stereocenters. The van der Waals surface area contributed by atoms with Crippen LogP contribution < -0.4 is 0 Å². The van der Waals surface area contributed by atoms with Gasteiger partial charge in [-0.05, 0) is 56.0 Å². The monoisotopic (exact) mass is 457 g/mol. The molecule has 7 nitrogen and oxygen atoms in total. The van der Waals surface area contributed by atoms with Gasteiger partial charge in [-0.1, -0.05) is 0 Å². The lowest BCUT2D eigenvalue weighted by Crippen LogP contribution is -2.47. The van der Waals surface area contributed by atoms with Crippen LogP contribution in [0.4, 0.5) is 13.2 Å². The molecular formula is C23H22F3N5O2. The van der Waals surface area contributed by atoms with E-state index in [0.29, 0.717) is 31.8 Å². The van der Waals surface area contributed by atoms with Crippen molar-refractivity contribution in [1.29, 1.82) is 0 Å². The third kappa shape index (κ3) is 3.94. The van der Waals surface area contributed by atoms with Gasteiger partial charge in [0, 0.05) is 24.8 Å². The highest BCUT2D eigenvalue weighted by molar-refractivity contribution is 5.98. The summed E-state index contributed by atoms with van der Waals surface area (Å²) in [6.45, 7) is 0.961. The number of amides is 2. The molecule has 2 fully saturated rings. The van der Waals surface area contributed by atoms with Crippen LogP contribution in [0.3, 0.4) is 0 Å². The van der Waals surface area contributed by atoms with Crippen LogP contribution in [-0.2, 0) is 11.0 Å². The summed E-state index contributed by atoms with van der Waals surface area (Å²) in [5.74, 6) is 0.126. The number of fused-ring (bicyclic) bond motifs is 1. The molecule has 1 aromatic carbocycles. The summed E-state index contributed by atoms with van der Waals surface area (Å²) in [5, 5.41) is 0. The third-order valence-corrected chi connectivity index (χ3v) is 6.41. The van der Waals surface area contributed by atoms with E-state index in [9.17, 15) is 22.8 Å². The van der Waals surface area contributed by atoms with E-state index in [1.165, 1.54) is 17.0 Å². The van der Waals surface area contributed by atoms with E-state index in [1.807, 2.05) is 0 Å². The van der Waals surface area contributed by atoms with Gasteiger partial charge < -0.3 is 14.8 Å². The standard InChI is InChI=1S/C23H22F3N5O2/c24-23(25,26)15-7-5-14(6-8-15)21(32)31-12-2-4-19(31)22(33)30-11-1-3-18(30)20-28-16-9-10-27-13-17(16)29-20/h5-10,13,18-19H,1-4,11-12H2,(H,28,29). The second kappa shape index (κ2) is 8.17. The Morgan fingerprint density at radius 2 is 1.73 bits per heavy atom. The average Bonchev–Trinajstić information content (AvgIpc) is 3.56. The molecule has 0 radical (unpaired) electrons. The van der Waals surface area contributed by atoms with E-state index in [2.05, 4.69) is 15.0 Å². The predicted molar refractivity (Wildman–Crippen MR) is 113 cm³/mol. The molecule has 2 aliphatic rings. The first-order chi connectivity index (χ1) is 15.8. The number of rotatable bonds is 3. The van der Waals surface area contributed by atoms with Crippen molar-refractivity contribution < 1.29 is 22.8 Å². The topological polar surface area (TPSA) is 82.2 Å². The predicted octanol–water partition coefficient (Wildman–Crippen LogP) is 3.95. The van der Waals surface area contributed by atoms with Crippen LogP contribution in [0.2, 0.25) is 0 Å². The number of aromatic nitrogens is 3. The first kappa shape index (κ1) is 21.4. The number of nitrogens with one attached hydrogen (secondary N) is 1. The highest BCUT2D eigenvalue weighted by Crippen LogP contribution is 2.34. The summed E-state index contributed by atoms with van der Waals surface area (Å²) >= 11 is 0. The number of nitrogens with zero attached hydrogens (tertiary/aromatic N) is 4. The molecule has 0 bridgehead atoms. The fourth-order valence-corrected chi connectivity index (χ4v) is 4.77. The molecule has 2 unspecified atom stereocenters. The van der Waals surface area contributed by atoms with Crippen LogP contribution in [0.1, 0.15) is 53.5 Å². The quantitative estimate of drug-likeness (QED) is 0.646. The van der Waals surface area contributed by atoms with Crippen molar-refractivity contribution in [2.24, 2.45) is 0 Å². The van der Waals surface area contributed by atoms with E-state index < -0.39 is 23.7 Å². The van der Waals surface area contributed by atoms with Crippen molar-refractivity contribution >= 4 is 22.8 Å². The van der Waals surface area contributed by atoms with Crippen LogP contribution in [0.15, 0.2) is 42.7 Å². The number of halogens is 3. The van der Waals surface area contributed by atoms with E-state index in [0.717, 1.165) is 36.0 Å². The Labute approximate surface area is 187 Å². The molecule has 10 heteroatoms. The molecule has 172 valence electrons. The number of carbonyl (C=O) groups is 2. The van der Waals surface area contributed by atoms with Crippen molar-refractivity contribution in [2.75, 3.05) is 13.1 Å². The molecule has 0 saturated carbocycles. The van der Waals surface area contributed by atoms with Crippen LogP contribution >= 0.6 is 0 Å². The number of likely N-dealkylation sites (tertiary alicyclic amines) is 2. The summed E-state index contributed by atoms with van der Waals surface area (Å²) in [4.78, 5) is 41.8. The molecule has 0 aliphatic carbocycles. The largest absolute Gasteiger partial charge is 0.416 e. The molecular weight excluding hydrogens is 435 g/mol. The summed E-state index contributed by atoms with van der Waals surface area (Å²) in [6, 6.07) is 5.09. The zero-order valence-electron chi connectivity index (χ0n) is 17.7. The van der Waals surface area contributed by atoms with Gasteiger partial charge in [-0.2, -0.15) is 13.2 Å². The van der Waals surface area contributed by atoms with Crippen molar-refractivity contribution in [3.63, 3.8) is 0 Å². The highest BCUT2D eigenvalue weighted by Gasteiger charge is 2.41. The maximum absolute atomic E-state index is 13.5. The number of benzene rings is 1. The Kier molecular flexibility index (Phi) is 5.30. The van der Waals surface area contributed by atoms with Gasteiger partial charge in [0.05, 0.1) is 28.8 Å². The Balaban J connectivity index is 1.35. The number of imidazole rings is 1. The second-order valence-electron chi connectivity index (χ2n) is 8.44. The molecule has 5 rings (SSSR count). The van der Waals surface area contributed by atoms with Gasteiger partial charge in [0.2, 0.25) is 5.91 Å². The number of pyridine rings is 1. The van der Waals surface area contributed by atoms with Crippen LogP contribution in [-0.4, -0.2) is 55.7 Å². The molecule has 1 N–H and O–H groups in total. The van der Waals surface area contributed by atoms with Crippen LogP contribution in [0.5, 0.6) is 0 Å². The van der Waals surface area contributed by atoms with Crippen molar-refractivity contribution in [3.8, 4) is 0 Å². The zero-order chi connectivity index (χ0) is 23.2. The molecule has 3 aromatic rings. The first-order valence-electron chi connectivity index (χ1n) is 10.9. The molecule has 2 aliphatic heterocycles. The fourth-order valence-electron chi connectivity index (χ4n) is 4.77. The van der Waals surface area contributed by atoms with Gasteiger partial charge in [-0.25, -0.2) is 4.98 Å². The molecule has 2 aromatic heterocycles. The molecule has 2 amide bonds. The maximum Gasteiger partial charge on any atom is 0.416 e. The molecule has 4 heterocycles. The summed E-state index contributed by atoms with van der Waals surface area (Å²) in [7, 11) is 0. The van der Waals surface area contributed by atoms with Crippen molar-refractivity contribution in [1.82, 2.24) is 24.8 Å². The number of alkyl halides is 3. The smallest absolute Gasteiger partial charge is 0.339 e. The average molecular weight is 457 g/mol. The van der Waals surface area contributed by atoms with E-state index in [4.69, 9.17) is 0 Å². The van der Waals surface area contributed by atoms with Gasteiger partial charge >= 0.3 is 6.18 Å². The van der Waals surface area contributed by atoms with E-state index >= 15 is 0 Å². The Hall–Kier alpha value is -3.43. The minimum atomic E-state index is -4.47. The zero-order valence-corrected chi connectivity index (χ0v) is 17.7. The Morgan fingerprint density at radius 1 is 1.00 bits per heavy atom. The SMILES string of the molecule is O=C(c1ccc(C(F)(F)F)cc1)N1CCCC1C(=O)N1CCCC1c1nc2ccncc2[nH]1. The lowest BCUT2D eigenvalue weighted by atomic mass is 10.1. The minimum absolute atomic E-state index is 0.144. The van der Waals surface area contributed by atoms with Gasteiger partial charge in [0.1, 0.15) is 11.9 Å². The molecule has 0 spiro atoms. The number of aromatic amines is 1. The Morgan fingerprint density at radius 3 is 2.45 bits per heavy atom. The number of H-pyrrole nitrogens is 1. The summed E-state index contributed by atoms with van der Waals surface area (Å²) in [5.41, 5.74) is 0.908. The lowest BCUT2D eigenvalue weighted by Gasteiger charge is -2.31. The van der Waals surface area contributed by atoms with Gasteiger partial charge in [-0.3, -0.25) is 14.6 Å². The number of hydrogen-bond donors (Lipinski definition) is 1. The third-order valence-electron chi connectivity index (χ3n) is 6.41. The van der Waals surface area contributed by atoms with Crippen LogP contribution in [0, 0.1) is 0 Å². The minimum Gasteiger partial charge on any atom is -0.339 e.